The van der Waals surface area contributed by atoms with Crippen LogP contribution in [0.2, 0.25) is 0 Å². The molecule has 2 unspecified atom stereocenters. The predicted molar refractivity (Wildman–Crippen MR) is 123 cm³/mol. The monoisotopic (exact) mass is 418 g/mol. The number of pyridine rings is 1. The molecule has 4 rings (SSSR count). The van der Waals surface area contributed by atoms with Crippen LogP contribution in [0.15, 0.2) is 54.6 Å². The van der Waals surface area contributed by atoms with Crippen LogP contribution in [-0.2, 0) is 4.74 Å². The summed E-state index contributed by atoms with van der Waals surface area (Å²) in [6.45, 7) is 10.1. The zero-order valence-electron chi connectivity index (χ0n) is 18.7. The van der Waals surface area contributed by atoms with Gasteiger partial charge in [-0.2, -0.15) is 0 Å². The van der Waals surface area contributed by atoms with Crippen molar-refractivity contribution in [3.8, 4) is 17.0 Å². The summed E-state index contributed by atoms with van der Waals surface area (Å²) in [4.78, 5) is 20.3. The molecule has 31 heavy (non-hydrogen) atoms. The number of amides is 1. The Balaban J connectivity index is 1.74. The lowest BCUT2D eigenvalue weighted by Gasteiger charge is -2.35. The smallest absolute Gasteiger partial charge is 0.254 e. The van der Waals surface area contributed by atoms with Crippen molar-refractivity contribution in [2.75, 3.05) is 19.7 Å². The van der Waals surface area contributed by atoms with Crippen molar-refractivity contribution in [1.29, 1.82) is 0 Å². The molecule has 0 N–H and O–H groups in total. The number of rotatable bonds is 5. The molecule has 5 nitrogen and oxygen atoms in total. The lowest BCUT2D eigenvalue weighted by molar-refractivity contribution is -0.0585. The van der Waals surface area contributed by atoms with Crippen molar-refractivity contribution < 1.29 is 14.3 Å². The Kier molecular flexibility index (Phi) is 6.23. The van der Waals surface area contributed by atoms with Crippen LogP contribution in [0.4, 0.5) is 0 Å². The molecule has 2 atom stereocenters. The van der Waals surface area contributed by atoms with Crippen molar-refractivity contribution in [2.45, 2.75) is 39.9 Å². The second kappa shape index (κ2) is 9.06. The molecule has 2 heterocycles. The summed E-state index contributed by atoms with van der Waals surface area (Å²) in [6.07, 6.45) is 0.0464. The van der Waals surface area contributed by atoms with E-state index in [9.17, 15) is 4.79 Å². The van der Waals surface area contributed by atoms with Crippen LogP contribution in [0, 0.1) is 5.92 Å². The first-order valence-electron chi connectivity index (χ1n) is 11.0. The van der Waals surface area contributed by atoms with Crippen molar-refractivity contribution in [2.24, 2.45) is 5.92 Å². The SMILES string of the molecule is CC(C)COc1cccc(-c2cc(C(=O)N3CC(C)OC(C)C3)c3ccccc3n2)c1. The van der Waals surface area contributed by atoms with Crippen LogP contribution >= 0.6 is 0 Å². The largest absolute Gasteiger partial charge is 0.493 e. The summed E-state index contributed by atoms with van der Waals surface area (Å²) in [6, 6.07) is 17.7. The highest BCUT2D eigenvalue weighted by atomic mass is 16.5. The van der Waals surface area contributed by atoms with E-state index >= 15 is 0 Å². The summed E-state index contributed by atoms with van der Waals surface area (Å²) in [5.74, 6) is 1.28. The van der Waals surface area contributed by atoms with Crippen molar-refractivity contribution in [3.05, 3.63) is 60.2 Å². The van der Waals surface area contributed by atoms with Crippen LogP contribution in [0.25, 0.3) is 22.2 Å². The molecule has 1 aromatic heterocycles. The molecular weight excluding hydrogens is 388 g/mol. The highest BCUT2D eigenvalue weighted by molar-refractivity contribution is 6.07. The number of ether oxygens (including phenoxy) is 2. The molecule has 0 saturated carbocycles. The van der Waals surface area contributed by atoms with Gasteiger partial charge in [0.1, 0.15) is 5.75 Å². The molecule has 1 aliphatic rings. The van der Waals surface area contributed by atoms with Crippen molar-refractivity contribution >= 4 is 16.8 Å². The maximum absolute atomic E-state index is 13.6. The summed E-state index contributed by atoms with van der Waals surface area (Å²) in [5.41, 5.74) is 3.19. The van der Waals surface area contributed by atoms with Gasteiger partial charge in [-0.3, -0.25) is 4.79 Å². The summed E-state index contributed by atoms with van der Waals surface area (Å²) in [7, 11) is 0. The third kappa shape index (κ3) is 4.88. The Labute approximate surface area is 184 Å². The van der Waals surface area contributed by atoms with Gasteiger partial charge < -0.3 is 14.4 Å². The number of hydrogen-bond acceptors (Lipinski definition) is 4. The zero-order chi connectivity index (χ0) is 22.0. The number of para-hydroxylation sites is 1. The molecule has 3 aromatic rings. The van der Waals surface area contributed by atoms with Gasteiger partial charge in [0.25, 0.3) is 5.91 Å². The molecule has 1 amide bonds. The van der Waals surface area contributed by atoms with Crippen molar-refractivity contribution in [1.82, 2.24) is 9.88 Å². The Bertz CT molecular complexity index is 1070. The van der Waals surface area contributed by atoms with E-state index in [0.29, 0.717) is 31.2 Å². The summed E-state index contributed by atoms with van der Waals surface area (Å²) in [5, 5.41) is 0.871. The molecule has 5 heteroatoms. The Hall–Kier alpha value is -2.92. The number of fused-ring (bicyclic) bond motifs is 1. The summed E-state index contributed by atoms with van der Waals surface area (Å²) >= 11 is 0. The lowest BCUT2D eigenvalue weighted by atomic mass is 10.0. The molecule has 1 saturated heterocycles. The minimum Gasteiger partial charge on any atom is -0.493 e. The summed E-state index contributed by atoms with van der Waals surface area (Å²) < 4.78 is 11.7. The molecule has 162 valence electrons. The van der Waals surface area contributed by atoms with Gasteiger partial charge in [0, 0.05) is 24.0 Å². The number of carbonyl (C=O) groups is 1. The van der Waals surface area contributed by atoms with E-state index < -0.39 is 0 Å². The molecule has 2 aromatic carbocycles. The Morgan fingerprint density at radius 2 is 1.84 bits per heavy atom. The van der Waals surface area contributed by atoms with Gasteiger partial charge in [0.15, 0.2) is 0 Å². The fraction of sp³-hybridized carbons (Fsp3) is 0.385. The number of nitrogens with zero attached hydrogens (tertiary/aromatic N) is 2. The van der Waals surface area contributed by atoms with E-state index in [1.807, 2.05) is 73.3 Å². The first kappa shape index (κ1) is 21.3. The third-order valence-electron chi connectivity index (χ3n) is 5.37. The average molecular weight is 419 g/mol. The van der Waals surface area contributed by atoms with Gasteiger partial charge in [-0.15, -0.1) is 0 Å². The molecule has 0 bridgehead atoms. The average Bonchev–Trinajstić information content (AvgIpc) is 2.76. The fourth-order valence-electron chi connectivity index (χ4n) is 4.02. The molecule has 1 aliphatic heterocycles. The van der Waals surface area contributed by atoms with Crippen molar-refractivity contribution in [3.63, 3.8) is 0 Å². The number of carbonyl (C=O) groups excluding carboxylic acids is 1. The minimum absolute atomic E-state index is 0.0223. The van der Waals surface area contributed by atoms with Crippen LogP contribution in [0.1, 0.15) is 38.1 Å². The van der Waals surface area contributed by atoms with Crippen LogP contribution in [-0.4, -0.2) is 47.7 Å². The molecule has 0 aliphatic carbocycles. The van der Waals surface area contributed by atoms with Gasteiger partial charge >= 0.3 is 0 Å². The lowest BCUT2D eigenvalue weighted by Crippen LogP contribution is -2.48. The highest BCUT2D eigenvalue weighted by Gasteiger charge is 2.28. The topological polar surface area (TPSA) is 51.7 Å². The van der Waals surface area contributed by atoms with Gasteiger partial charge in [0.05, 0.1) is 35.6 Å². The molecular formula is C26H30N2O3. The molecule has 1 fully saturated rings. The Morgan fingerprint density at radius 3 is 2.58 bits per heavy atom. The Morgan fingerprint density at radius 1 is 1.10 bits per heavy atom. The van der Waals surface area contributed by atoms with Crippen LogP contribution in [0.3, 0.4) is 0 Å². The van der Waals surface area contributed by atoms with Crippen LogP contribution < -0.4 is 4.74 Å². The molecule has 0 spiro atoms. The van der Waals surface area contributed by atoms with E-state index in [0.717, 1.165) is 27.9 Å². The fourth-order valence-corrected chi connectivity index (χ4v) is 4.02. The number of benzene rings is 2. The van der Waals surface area contributed by atoms with Gasteiger partial charge in [-0.1, -0.05) is 44.2 Å². The standard InChI is InChI=1S/C26H30N2O3/c1-17(2)16-30-21-9-7-8-20(12-21)25-13-23(22-10-5-6-11-24(22)27-25)26(29)28-14-18(3)31-19(4)15-28/h5-13,17-19H,14-16H2,1-4H3. The number of morpholine rings is 1. The van der Waals surface area contributed by atoms with Gasteiger partial charge in [-0.05, 0) is 44.0 Å². The quantitative estimate of drug-likeness (QED) is 0.572. The molecule has 0 radical (unpaired) electrons. The predicted octanol–water partition coefficient (Wildman–Crippen LogP) is 5.19. The normalized spacial score (nSPS) is 19.1. The van der Waals surface area contributed by atoms with Gasteiger partial charge in [-0.25, -0.2) is 4.98 Å². The third-order valence-corrected chi connectivity index (χ3v) is 5.37. The highest BCUT2D eigenvalue weighted by Crippen LogP contribution is 2.29. The minimum atomic E-state index is 0.0223. The van der Waals surface area contributed by atoms with E-state index in [1.165, 1.54) is 0 Å². The van der Waals surface area contributed by atoms with Crippen LogP contribution in [0.5, 0.6) is 5.75 Å². The van der Waals surface area contributed by atoms with Gasteiger partial charge in [0.2, 0.25) is 0 Å². The number of aromatic nitrogens is 1. The van der Waals surface area contributed by atoms with E-state index in [-0.39, 0.29) is 18.1 Å². The second-order valence-electron chi connectivity index (χ2n) is 8.77. The second-order valence-corrected chi connectivity index (χ2v) is 8.77. The van der Waals surface area contributed by atoms with E-state index in [1.54, 1.807) is 0 Å². The van der Waals surface area contributed by atoms with E-state index in [4.69, 9.17) is 14.5 Å². The maximum Gasteiger partial charge on any atom is 0.254 e. The number of hydrogen-bond donors (Lipinski definition) is 0. The zero-order valence-corrected chi connectivity index (χ0v) is 18.7. The maximum atomic E-state index is 13.6. The first-order chi connectivity index (χ1) is 14.9. The van der Waals surface area contributed by atoms with E-state index in [2.05, 4.69) is 13.8 Å². The first-order valence-corrected chi connectivity index (χ1v) is 11.0.